The molecule has 0 aromatic heterocycles. The molecule has 0 nitrogen and oxygen atoms in total. The molecule has 37 heavy (non-hydrogen) atoms. The zero-order valence-corrected chi connectivity index (χ0v) is 26.1. The Bertz CT molecular complexity index is 1040. The van der Waals surface area contributed by atoms with E-state index in [0.717, 1.165) is 22.4 Å². The Balaban J connectivity index is 0.000000458. The van der Waals surface area contributed by atoms with Crippen molar-refractivity contribution in [2.75, 3.05) is 0 Å². The van der Waals surface area contributed by atoms with E-state index in [1.165, 1.54) is 50.7 Å². The normalized spacial score (nSPS) is 9.27. The molecule has 0 unspecified atom stereocenters. The summed E-state index contributed by atoms with van der Waals surface area (Å²) in [6, 6.07) is 36.2. The quantitative estimate of drug-likeness (QED) is 0.158. The Kier molecular flexibility index (Phi) is 20.6. The molecule has 2 radical (unpaired) electrons. The second kappa shape index (κ2) is 21.9. The van der Waals surface area contributed by atoms with Crippen LogP contribution < -0.4 is 5.19 Å². The number of fused-ring (bicyclic) bond motifs is 2. The van der Waals surface area contributed by atoms with Crippen LogP contribution in [-0.2, 0) is 21.7 Å². The minimum Gasteiger partial charge on any atom is -0.343 e. The van der Waals surface area contributed by atoms with E-state index < -0.39 is 0 Å². The molecule has 0 bridgehead atoms. The molecule has 0 N–H and O–H groups in total. The predicted molar refractivity (Wildman–Crippen MR) is 167 cm³/mol. The summed E-state index contributed by atoms with van der Waals surface area (Å²) >= 11 is 0. The summed E-state index contributed by atoms with van der Waals surface area (Å²) in [5, 5.41) is 6.83. The molecule has 2 heteroatoms. The maximum atomic E-state index is 3.60. The number of aryl methyl sites for hydroxylation is 2. The largest absolute Gasteiger partial charge is 4.00 e. The van der Waals surface area contributed by atoms with Crippen LogP contribution in [0.25, 0.3) is 21.5 Å². The molecule has 0 saturated carbocycles. The van der Waals surface area contributed by atoms with E-state index >= 15 is 0 Å². The predicted octanol–water partition coefficient (Wildman–Crippen LogP) is 10.0. The molecule has 0 fully saturated rings. The van der Waals surface area contributed by atoms with Gasteiger partial charge in [-0.2, -0.15) is 25.0 Å². The molecular formula is C35H44SiTi. The van der Waals surface area contributed by atoms with Crippen molar-refractivity contribution in [2.24, 2.45) is 0 Å². The van der Waals surface area contributed by atoms with Gasteiger partial charge >= 0.3 is 21.7 Å². The first-order valence-electron chi connectivity index (χ1n) is 13.0. The van der Waals surface area contributed by atoms with Crippen molar-refractivity contribution in [3.8, 4) is 0 Å². The molecule has 0 spiro atoms. The molecule has 0 aliphatic carbocycles. The van der Waals surface area contributed by atoms with Gasteiger partial charge in [-0.1, -0.05) is 94.7 Å². The van der Waals surface area contributed by atoms with Gasteiger partial charge in [0.25, 0.3) is 0 Å². The standard InChI is InChI=1S/2C10H9.C7H8Si.2C4H9.Ti/c2*1-8-6-9-4-2-3-5-10(9)7-8;1-8-7-5-3-2-4-6-7;2*1-3-4-2;/h2*2-7H,1H3;2-6H,1H3;2*1,3-4H2,2H3;/q2*-1;;2*-1;+4. The monoisotopic (exact) mass is 540 g/mol. The first-order chi connectivity index (χ1) is 17.5. The number of benzene rings is 3. The van der Waals surface area contributed by atoms with Gasteiger partial charge in [0, 0.05) is 0 Å². The Morgan fingerprint density at radius 1 is 0.622 bits per heavy atom. The summed E-state index contributed by atoms with van der Waals surface area (Å²) in [7, 11) is 0.930. The maximum absolute atomic E-state index is 3.60. The van der Waals surface area contributed by atoms with Gasteiger partial charge in [-0.25, -0.2) is 0 Å². The van der Waals surface area contributed by atoms with Crippen molar-refractivity contribution < 1.29 is 21.7 Å². The fourth-order valence-corrected chi connectivity index (χ4v) is 3.74. The second-order valence-electron chi connectivity index (χ2n) is 8.65. The number of hydrogen-bond acceptors (Lipinski definition) is 0. The third-order valence-corrected chi connectivity index (χ3v) is 6.20. The molecule has 5 aromatic carbocycles. The van der Waals surface area contributed by atoms with E-state index in [2.05, 4.69) is 145 Å². The molecule has 5 aromatic rings. The Hall–Kier alpha value is -2.19. The van der Waals surface area contributed by atoms with E-state index in [1.54, 1.807) is 0 Å². The third kappa shape index (κ3) is 15.0. The van der Waals surface area contributed by atoms with Gasteiger partial charge in [0.15, 0.2) is 0 Å². The number of hydrogen-bond donors (Lipinski definition) is 0. The fraction of sp³-hybridized carbons (Fsp3) is 0.257. The first kappa shape index (κ1) is 34.8. The van der Waals surface area contributed by atoms with Gasteiger partial charge in [0.1, 0.15) is 0 Å². The van der Waals surface area contributed by atoms with Crippen molar-refractivity contribution in [3.05, 3.63) is 128 Å². The van der Waals surface area contributed by atoms with Crippen LogP contribution in [0.15, 0.2) is 103 Å². The minimum absolute atomic E-state index is 0. The van der Waals surface area contributed by atoms with Crippen LogP contribution >= 0.6 is 0 Å². The van der Waals surface area contributed by atoms with Crippen LogP contribution in [0.3, 0.4) is 0 Å². The van der Waals surface area contributed by atoms with Crippen molar-refractivity contribution in [1.29, 1.82) is 0 Å². The van der Waals surface area contributed by atoms with Crippen LogP contribution in [-0.4, -0.2) is 9.52 Å². The maximum Gasteiger partial charge on any atom is 4.00 e. The van der Waals surface area contributed by atoms with E-state index in [0.29, 0.717) is 0 Å². The molecule has 0 heterocycles. The Morgan fingerprint density at radius 3 is 1.27 bits per heavy atom. The third-order valence-electron chi connectivity index (χ3n) is 5.29. The van der Waals surface area contributed by atoms with Gasteiger partial charge in [-0.3, -0.25) is 0 Å². The molecule has 0 aliphatic rings. The Labute approximate surface area is 245 Å². The average molecular weight is 541 g/mol. The topological polar surface area (TPSA) is 0 Å². The fourth-order valence-electron chi connectivity index (χ4n) is 3.22. The molecule has 0 aliphatic heterocycles. The van der Waals surface area contributed by atoms with Crippen LogP contribution in [0.2, 0.25) is 6.55 Å². The molecular weight excluding hydrogens is 496 g/mol. The summed E-state index contributed by atoms with van der Waals surface area (Å²) in [5.74, 6) is 0. The first-order valence-corrected chi connectivity index (χ1v) is 14.5. The summed E-state index contributed by atoms with van der Waals surface area (Å²) in [5.41, 5.74) is 2.70. The van der Waals surface area contributed by atoms with Gasteiger partial charge in [-0.05, 0) is 0 Å². The minimum atomic E-state index is 0. The molecule has 0 atom stereocenters. The van der Waals surface area contributed by atoms with Crippen LogP contribution in [0.4, 0.5) is 0 Å². The van der Waals surface area contributed by atoms with Gasteiger partial charge < -0.3 is 13.8 Å². The summed E-state index contributed by atoms with van der Waals surface area (Å²) in [4.78, 5) is 0. The van der Waals surface area contributed by atoms with E-state index in [4.69, 9.17) is 0 Å². The van der Waals surface area contributed by atoms with Crippen LogP contribution in [0, 0.1) is 27.7 Å². The van der Waals surface area contributed by atoms with Crippen molar-refractivity contribution >= 4 is 36.3 Å². The smallest absolute Gasteiger partial charge is 0.343 e. The Morgan fingerprint density at radius 2 is 0.973 bits per heavy atom. The summed E-state index contributed by atoms with van der Waals surface area (Å²) in [6.45, 7) is 17.9. The van der Waals surface area contributed by atoms with Crippen LogP contribution in [0.5, 0.6) is 0 Å². The average Bonchev–Trinajstić information content (AvgIpc) is 3.50. The number of unbranched alkanes of at least 4 members (excludes halogenated alkanes) is 2. The molecule has 5 rings (SSSR count). The van der Waals surface area contributed by atoms with Crippen molar-refractivity contribution in [2.45, 2.75) is 59.9 Å². The van der Waals surface area contributed by atoms with E-state index in [9.17, 15) is 0 Å². The van der Waals surface area contributed by atoms with Gasteiger partial charge in [0.2, 0.25) is 0 Å². The molecule has 0 amide bonds. The number of rotatable bonds is 3. The molecule has 0 saturated heterocycles. The van der Waals surface area contributed by atoms with Crippen molar-refractivity contribution in [1.82, 2.24) is 0 Å². The summed E-state index contributed by atoms with van der Waals surface area (Å²) in [6.07, 6.45) is 4.56. The van der Waals surface area contributed by atoms with E-state index in [-0.39, 0.29) is 21.7 Å². The second-order valence-corrected chi connectivity index (χ2v) is 9.72. The van der Waals surface area contributed by atoms with E-state index in [1.807, 2.05) is 6.07 Å². The van der Waals surface area contributed by atoms with Crippen LogP contribution in [0.1, 0.15) is 50.7 Å². The van der Waals surface area contributed by atoms with Gasteiger partial charge in [0.05, 0.1) is 9.52 Å². The zero-order chi connectivity index (χ0) is 26.6. The van der Waals surface area contributed by atoms with Gasteiger partial charge in [-0.15, -0.1) is 81.2 Å². The molecule has 192 valence electrons. The van der Waals surface area contributed by atoms with Crippen molar-refractivity contribution in [3.63, 3.8) is 0 Å². The summed E-state index contributed by atoms with van der Waals surface area (Å²) < 4.78 is 0. The zero-order valence-electron chi connectivity index (χ0n) is 23.6. The SMILES string of the molecule is C[Si]c1ccccc1.Cc1cc2ccccc2[cH-]1.Cc1cc2ccccc2[cH-]1.[CH2-]CCC.[CH2-]CCC.[Ti+4].